The summed E-state index contributed by atoms with van der Waals surface area (Å²) in [5.41, 5.74) is 0.705. The Morgan fingerprint density at radius 3 is 2.71 bits per heavy atom. The van der Waals surface area contributed by atoms with E-state index in [-0.39, 0.29) is 11.0 Å². The monoisotopic (exact) mass is 409 g/mol. The first kappa shape index (κ1) is 20.3. The van der Waals surface area contributed by atoms with Gasteiger partial charge in [0, 0.05) is 11.8 Å². The molecular weight excluding hydrogens is 391 g/mol. The van der Waals surface area contributed by atoms with Crippen LogP contribution in [0.4, 0.5) is 13.2 Å². The molecule has 0 atom stereocenters. The molecule has 0 fully saturated rings. The SMILES string of the molecule is CSc1ncc2c(n1)CC(C)(C)C/C2=N/OC(=O)c1cccc(C(F)(F)F)c1. The van der Waals surface area contributed by atoms with Crippen LogP contribution >= 0.6 is 11.8 Å². The molecule has 0 saturated carbocycles. The third kappa shape index (κ3) is 4.52. The van der Waals surface area contributed by atoms with Crippen LogP contribution in [-0.4, -0.2) is 27.9 Å². The normalized spacial score (nSPS) is 17.3. The van der Waals surface area contributed by atoms with E-state index in [1.807, 2.05) is 20.1 Å². The number of benzene rings is 1. The fourth-order valence-corrected chi connectivity index (χ4v) is 3.35. The molecule has 0 unspecified atom stereocenters. The molecule has 0 radical (unpaired) electrons. The average molecular weight is 409 g/mol. The third-order valence-electron chi connectivity index (χ3n) is 4.30. The molecule has 1 aromatic heterocycles. The average Bonchev–Trinajstić information content (AvgIpc) is 2.63. The van der Waals surface area contributed by atoms with Gasteiger partial charge in [0.05, 0.1) is 22.5 Å². The van der Waals surface area contributed by atoms with Gasteiger partial charge in [0.1, 0.15) is 0 Å². The van der Waals surface area contributed by atoms with Crippen molar-refractivity contribution in [2.75, 3.05) is 6.26 Å². The van der Waals surface area contributed by atoms with Gasteiger partial charge in [-0.05, 0) is 42.7 Å². The lowest BCUT2D eigenvalue weighted by Crippen LogP contribution is -2.29. The molecule has 2 aromatic rings. The Balaban J connectivity index is 1.87. The Hall–Kier alpha value is -2.42. The summed E-state index contributed by atoms with van der Waals surface area (Å²) in [5.74, 6) is -0.954. The van der Waals surface area contributed by atoms with Gasteiger partial charge in [-0.1, -0.05) is 36.8 Å². The maximum Gasteiger partial charge on any atom is 0.416 e. The van der Waals surface area contributed by atoms with Crippen molar-refractivity contribution in [1.29, 1.82) is 0 Å². The highest BCUT2D eigenvalue weighted by molar-refractivity contribution is 7.98. The van der Waals surface area contributed by atoms with Gasteiger partial charge in [-0.3, -0.25) is 0 Å². The van der Waals surface area contributed by atoms with E-state index >= 15 is 0 Å². The van der Waals surface area contributed by atoms with Gasteiger partial charge in [-0.25, -0.2) is 14.8 Å². The fourth-order valence-electron chi connectivity index (χ4n) is 2.99. The highest BCUT2D eigenvalue weighted by atomic mass is 32.2. The number of thioether (sulfide) groups is 1. The summed E-state index contributed by atoms with van der Waals surface area (Å²) < 4.78 is 38.5. The first-order chi connectivity index (χ1) is 13.1. The van der Waals surface area contributed by atoms with E-state index in [0.717, 1.165) is 30.3 Å². The molecule has 0 bridgehead atoms. The molecule has 1 aliphatic carbocycles. The van der Waals surface area contributed by atoms with Crippen LogP contribution in [0.2, 0.25) is 0 Å². The van der Waals surface area contributed by atoms with Gasteiger partial charge < -0.3 is 4.84 Å². The number of hydrogen-bond donors (Lipinski definition) is 0. The van der Waals surface area contributed by atoms with Gasteiger partial charge in [-0.2, -0.15) is 13.2 Å². The number of nitrogens with zero attached hydrogens (tertiary/aromatic N) is 3. The Kier molecular flexibility index (Phi) is 5.47. The van der Waals surface area contributed by atoms with Crippen LogP contribution in [0.25, 0.3) is 0 Å². The van der Waals surface area contributed by atoms with Gasteiger partial charge in [0.25, 0.3) is 0 Å². The molecule has 5 nitrogen and oxygen atoms in total. The van der Waals surface area contributed by atoms with E-state index in [2.05, 4.69) is 15.1 Å². The van der Waals surface area contributed by atoms with E-state index in [1.165, 1.54) is 17.8 Å². The minimum atomic E-state index is -4.54. The Morgan fingerprint density at radius 2 is 2.04 bits per heavy atom. The highest BCUT2D eigenvalue weighted by Crippen LogP contribution is 2.35. The molecule has 1 aromatic carbocycles. The van der Waals surface area contributed by atoms with Crippen molar-refractivity contribution in [2.24, 2.45) is 10.6 Å². The molecule has 0 aliphatic heterocycles. The predicted molar refractivity (Wildman–Crippen MR) is 99.3 cm³/mol. The molecule has 9 heteroatoms. The molecular formula is C19H18F3N3O2S. The smallest absolute Gasteiger partial charge is 0.313 e. The maximum atomic E-state index is 12.8. The second-order valence-electron chi connectivity index (χ2n) is 7.23. The number of fused-ring (bicyclic) bond motifs is 1. The van der Waals surface area contributed by atoms with Crippen LogP contribution in [0.15, 0.2) is 40.8 Å². The second-order valence-corrected chi connectivity index (χ2v) is 8.00. The van der Waals surface area contributed by atoms with Gasteiger partial charge in [0.15, 0.2) is 5.16 Å². The highest BCUT2D eigenvalue weighted by Gasteiger charge is 2.33. The number of oxime groups is 1. The van der Waals surface area contributed by atoms with Crippen molar-refractivity contribution in [3.8, 4) is 0 Å². The fraction of sp³-hybridized carbons (Fsp3) is 0.368. The van der Waals surface area contributed by atoms with E-state index < -0.39 is 17.7 Å². The Labute approximate surface area is 164 Å². The molecule has 0 amide bonds. The number of carbonyl (C=O) groups excluding carboxylic acids is 1. The number of carbonyl (C=O) groups is 1. The third-order valence-corrected chi connectivity index (χ3v) is 4.86. The lowest BCUT2D eigenvalue weighted by molar-refractivity contribution is -0.137. The van der Waals surface area contributed by atoms with Crippen molar-refractivity contribution in [3.05, 3.63) is 52.8 Å². The van der Waals surface area contributed by atoms with Crippen LogP contribution in [0.1, 0.15) is 47.4 Å². The summed E-state index contributed by atoms with van der Waals surface area (Å²) in [4.78, 5) is 25.9. The number of halogens is 3. The molecule has 0 spiro atoms. The number of aromatic nitrogens is 2. The lowest BCUT2D eigenvalue weighted by atomic mass is 9.76. The summed E-state index contributed by atoms with van der Waals surface area (Å²) in [5, 5.41) is 4.58. The van der Waals surface area contributed by atoms with Crippen molar-refractivity contribution in [2.45, 2.75) is 38.0 Å². The number of hydrogen-bond acceptors (Lipinski definition) is 6. The number of alkyl halides is 3. The van der Waals surface area contributed by atoms with Crippen molar-refractivity contribution >= 4 is 23.4 Å². The van der Waals surface area contributed by atoms with Crippen LogP contribution in [0.3, 0.4) is 0 Å². The minimum Gasteiger partial charge on any atom is -0.313 e. The van der Waals surface area contributed by atoms with Crippen molar-refractivity contribution in [1.82, 2.24) is 9.97 Å². The molecule has 0 N–H and O–H groups in total. The molecule has 0 saturated heterocycles. The van der Waals surface area contributed by atoms with Crippen molar-refractivity contribution in [3.63, 3.8) is 0 Å². The summed E-state index contributed by atoms with van der Waals surface area (Å²) in [6, 6.07) is 4.05. The molecule has 1 aliphatic rings. The largest absolute Gasteiger partial charge is 0.416 e. The summed E-state index contributed by atoms with van der Waals surface area (Å²) >= 11 is 1.42. The van der Waals surface area contributed by atoms with E-state index in [1.54, 1.807) is 6.20 Å². The summed E-state index contributed by atoms with van der Waals surface area (Å²) in [6.07, 6.45) is 0.222. The second kappa shape index (κ2) is 7.54. The van der Waals surface area contributed by atoms with Crippen molar-refractivity contribution < 1.29 is 22.8 Å². The number of rotatable bonds is 3. The zero-order chi connectivity index (χ0) is 20.5. The quantitative estimate of drug-likeness (QED) is 0.317. The summed E-state index contributed by atoms with van der Waals surface area (Å²) in [7, 11) is 0. The first-order valence-electron chi connectivity index (χ1n) is 8.45. The topological polar surface area (TPSA) is 64.4 Å². The minimum absolute atomic E-state index is 0.154. The zero-order valence-corrected chi connectivity index (χ0v) is 16.3. The van der Waals surface area contributed by atoms with E-state index in [0.29, 0.717) is 22.9 Å². The molecule has 28 heavy (non-hydrogen) atoms. The van der Waals surface area contributed by atoms with Crippen LogP contribution in [-0.2, 0) is 17.4 Å². The Bertz CT molecular complexity index is 942. The van der Waals surface area contributed by atoms with E-state index in [9.17, 15) is 18.0 Å². The van der Waals surface area contributed by atoms with Crippen LogP contribution in [0.5, 0.6) is 0 Å². The van der Waals surface area contributed by atoms with E-state index in [4.69, 9.17) is 4.84 Å². The Morgan fingerprint density at radius 1 is 1.29 bits per heavy atom. The standard InChI is InChI=1S/C19H18F3N3O2S/c1-18(2)8-14-13(10-23-17(24-14)28-3)15(9-18)25-27-16(26)11-5-4-6-12(7-11)19(20,21)22/h4-7,10H,8-9H2,1-3H3/b25-15-. The van der Waals surface area contributed by atoms with Gasteiger partial charge >= 0.3 is 12.1 Å². The molecule has 1 heterocycles. The zero-order valence-electron chi connectivity index (χ0n) is 15.5. The maximum absolute atomic E-state index is 12.8. The lowest BCUT2D eigenvalue weighted by Gasteiger charge is -2.30. The first-order valence-corrected chi connectivity index (χ1v) is 9.67. The van der Waals surface area contributed by atoms with Gasteiger partial charge in [-0.15, -0.1) is 0 Å². The predicted octanol–water partition coefficient (Wildman–Crippen LogP) is 4.75. The molecule has 3 rings (SSSR count). The van der Waals surface area contributed by atoms with Gasteiger partial charge in [0.2, 0.25) is 0 Å². The van der Waals surface area contributed by atoms with Crippen LogP contribution < -0.4 is 0 Å². The van der Waals surface area contributed by atoms with Crippen LogP contribution in [0, 0.1) is 5.41 Å². The summed E-state index contributed by atoms with van der Waals surface area (Å²) in [6.45, 7) is 4.09. The molecule has 148 valence electrons.